The molecule has 0 bridgehead atoms. The fourth-order valence-corrected chi connectivity index (χ4v) is 2.06. The summed E-state index contributed by atoms with van der Waals surface area (Å²) in [6.07, 6.45) is -4.41. The number of rotatable bonds is 4. The van der Waals surface area contributed by atoms with Crippen LogP contribution < -0.4 is 0 Å². The van der Waals surface area contributed by atoms with Crippen LogP contribution in [0.2, 0.25) is 0 Å². The molecule has 0 aliphatic heterocycles. The molecule has 0 heterocycles. The molecule has 0 unspecified atom stereocenters. The van der Waals surface area contributed by atoms with Crippen LogP contribution in [-0.4, -0.2) is 28.8 Å². The highest BCUT2D eigenvalue weighted by Crippen LogP contribution is 2.31. The smallest absolute Gasteiger partial charge is 0.398 e. The first kappa shape index (κ1) is 15.5. The topological polar surface area (TPSA) is 54.4 Å². The molecule has 8 heteroatoms. The Kier molecular flexibility index (Phi) is 4.56. The molecule has 19 heavy (non-hydrogen) atoms. The molecule has 1 aromatic carbocycles. The molecule has 0 atom stereocenters. The number of thioether (sulfide) groups is 1. The van der Waals surface area contributed by atoms with Crippen molar-refractivity contribution in [2.24, 2.45) is 0 Å². The Labute approximate surface area is 109 Å². The fourth-order valence-electron chi connectivity index (χ4n) is 1.26. The van der Waals surface area contributed by atoms with Gasteiger partial charge in [-0.1, -0.05) is 0 Å². The first-order chi connectivity index (χ1) is 8.61. The summed E-state index contributed by atoms with van der Waals surface area (Å²) in [5, 5.41) is 8.48. The molecule has 0 amide bonds. The number of benzene rings is 1. The molecule has 0 radical (unpaired) electrons. The van der Waals surface area contributed by atoms with Gasteiger partial charge in [-0.25, -0.2) is 9.18 Å². The van der Waals surface area contributed by atoms with E-state index in [1.54, 1.807) is 0 Å². The van der Waals surface area contributed by atoms with E-state index in [2.05, 4.69) is 0 Å². The molecule has 0 fully saturated rings. The van der Waals surface area contributed by atoms with Gasteiger partial charge in [0.15, 0.2) is 0 Å². The van der Waals surface area contributed by atoms with Crippen molar-refractivity contribution in [3.63, 3.8) is 0 Å². The molecule has 0 aliphatic rings. The quantitative estimate of drug-likeness (QED) is 0.401. The highest BCUT2D eigenvalue weighted by molar-refractivity contribution is 7.99. The normalized spacial score (nSPS) is 11.4. The van der Waals surface area contributed by atoms with E-state index in [4.69, 9.17) is 5.11 Å². The van der Waals surface area contributed by atoms with Gasteiger partial charge in [0.05, 0.1) is 11.3 Å². The summed E-state index contributed by atoms with van der Waals surface area (Å²) in [6.45, 7) is 1.37. The Morgan fingerprint density at radius 1 is 1.32 bits per heavy atom. The molecule has 0 aliphatic carbocycles. The average Bonchev–Trinajstić information content (AvgIpc) is 2.25. The second kappa shape index (κ2) is 5.60. The van der Waals surface area contributed by atoms with Gasteiger partial charge in [0.1, 0.15) is 5.82 Å². The molecule has 1 aromatic rings. The van der Waals surface area contributed by atoms with E-state index in [1.165, 1.54) is 6.92 Å². The summed E-state index contributed by atoms with van der Waals surface area (Å²) in [6, 6.07) is 1.67. The van der Waals surface area contributed by atoms with Crippen molar-refractivity contribution in [3.05, 3.63) is 29.1 Å². The summed E-state index contributed by atoms with van der Waals surface area (Å²) in [7, 11) is 0. The van der Waals surface area contributed by atoms with E-state index >= 15 is 0 Å². The third-order valence-electron chi connectivity index (χ3n) is 2.09. The van der Waals surface area contributed by atoms with E-state index in [0.29, 0.717) is 11.8 Å². The lowest BCUT2D eigenvalue weighted by atomic mass is 10.1. The van der Waals surface area contributed by atoms with Crippen molar-refractivity contribution in [1.82, 2.24) is 0 Å². The summed E-state index contributed by atoms with van der Waals surface area (Å²) >= 11 is 0.369. The first-order valence-electron chi connectivity index (χ1n) is 4.89. The van der Waals surface area contributed by atoms with Crippen LogP contribution >= 0.6 is 11.8 Å². The van der Waals surface area contributed by atoms with Crippen LogP contribution in [0.1, 0.15) is 15.9 Å². The standard InChI is InChI=1S/C11H8F4O3S/c1-5-2-7(12)6(9(16)10(17)18)3-8(5)19-4-11(13,14)15/h2-3H,4H2,1H3,(H,17,18). The molecule has 0 spiro atoms. The average molecular weight is 296 g/mol. The maximum absolute atomic E-state index is 13.4. The van der Waals surface area contributed by atoms with Crippen LogP contribution in [0.25, 0.3) is 0 Å². The number of aryl methyl sites for hydroxylation is 1. The number of carbonyl (C=O) groups is 2. The van der Waals surface area contributed by atoms with E-state index in [-0.39, 0.29) is 10.5 Å². The van der Waals surface area contributed by atoms with Crippen LogP contribution in [0.3, 0.4) is 0 Å². The summed E-state index contributed by atoms with van der Waals surface area (Å²) in [5.74, 6) is -5.64. The van der Waals surface area contributed by atoms with Gasteiger partial charge in [-0.05, 0) is 24.6 Å². The monoisotopic (exact) mass is 296 g/mol. The largest absolute Gasteiger partial charge is 0.475 e. The lowest BCUT2D eigenvalue weighted by Crippen LogP contribution is -2.15. The van der Waals surface area contributed by atoms with Crippen LogP contribution in [0.4, 0.5) is 17.6 Å². The Bertz CT molecular complexity index is 525. The molecule has 0 saturated carbocycles. The van der Waals surface area contributed by atoms with Crippen LogP contribution in [0.5, 0.6) is 0 Å². The SMILES string of the molecule is Cc1cc(F)c(C(=O)C(=O)O)cc1SCC(F)(F)F. The maximum Gasteiger partial charge on any atom is 0.398 e. The van der Waals surface area contributed by atoms with Gasteiger partial charge in [0.25, 0.3) is 5.78 Å². The predicted molar refractivity (Wildman–Crippen MR) is 59.9 cm³/mol. The highest BCUT2D eigenvalue weighted by Gasteiger charge is 2.28. The fraction of sp³-hybridized carbons (Fsp3) is 0.273. The highest BCUT2D eigenvalue weighted by atomic mass is 32.2. The Balaban J connectivity index is 3.10. The zero-order valence-corrected chi connectivity index (χ0v) is 10.4. The van der Waals surface area contributed by atoms with E-state index < -0.39 is 35.1 Å². The van der Waals surface area contributed by atoms with Gasteiger partial charge < -0.3 is 5.11 Å². The first-order valence-corrected chi connectivity index (χ1v) is 5.87. The molecular weight excluding hydrogens is 288 g/mol. The van der Waals surface area contributed by atoms with Gasteiger partial charge in [-0.2, -0.15) is 13.2 Å². The van der Waals surface area contributed by atoms with E-state index in [0.717, 1.165) is 12.1 Å². The number of hydrogen-bond acceptors (Lipinski definition) is 3. The minimum Gasteiger partial charge on any atom is -0.475 e. The van der Waals surface area contributed by atoms with E-state index in [1.807, 2.05) is 0 Å². The molecule has 104 valence electrons. The van der Waals surface area contributed by atoms with Gasteiger partial charge in [-0.3, -0.25) is 4.79 Å². The van der Waals surface area contributed by atoms with Gasteiger partial charge >= 0.3 is 12.1 Å². The van der Waals surface area contributed by atoms with Crippen molar-refractivity contribution in [3.8, 4) is 0 Å². The molecule has 1 rings (SSSR count). The molecule has 0 saturated heterocycles. The zero-order valence-electron chi connectivity index (χ0n) is 9.55. The van der Waals surface area contributed by atoms with Crippen LogP contribution in [0.15, 0.2) is 17.0 Å². The minimum atomic E-state index is -4.41. The number of carbonyl (C=O) groups excluding carboxylic acids is 1. The third kappa shape index (κ3) is 4.23. The van der Waals surface area contributed by atoms with Gasteiger partial charge in [0, 0.05) is 4.90 Å². The Morgan fingerprint density at radius 3 is 2.37 bits per heavy atom. The second-order valence-electron chi connectivity index (χ2n) is 3.64. The minimum absolute atomic E-state index is 0.0170. The van der Waals surface area contributed by atoms with Crippen molar-refractivity contribution >= 4 is 23.5 Å². The Morgan fingerprint density at radius 2 is 1.89 bits per heavy atom. The lowest BCUT2D eigenvalue weighted by Gasteiger charge is -2.10. The molecule has 1 N–H and O–H groups in total. The number of halogens is 4. The van der Waals surface area contributed by atoms with Crippen molar-refractivity contribution < 1.29 is 32.3 Å². The number of hydrogen-bond donors (Lipinski definition) is 1. The third-order valence-corrected chi connectivity index (χ3v) is 3.32. The van der Waals surface area contributed by atoms with Crippen molar-refractivity contribution in [2.45, 2.75) is 18.0 Å². The number of Topliss-reactive ketones (excluding diaryl/α,β-unsaturated/α-hetero) is 1. The summed E-state index contributed by atoms with van der Waals surface area (Å²) in [5.41, 5.74) is -0.545. The van der Waals surface area contributed by atoms with Gasteiger partial charge in [-0.15, -0.1) is 11.8 Å². The Hall–Kier alpha value is -1.57. The number of ketones is 1. The number of alkyl halides is 3. The van der Waals surface area contributed by atoms with Crippen molar-refractivity contribution in [1.29, 1.82) is 0 Å². The number of carboxylic acid groups (broad SMARTS) is 1. The lowest BCUT2D eigenvalue weighted by molar-refractivity contribution is -0.131. The van der Waals surface area contributed by atoms with Crippen LogP contribution in [0, 0.1) is 12.7 Å². The summed E-state index contributed by atoms with van der Waals surface area (Å²) < 4.78 is 49.7. The number of carboxylic acids is 1. The summed E-state index contributed by atoms with van der Waals surface area (Å²) in [4.78, 5) is 21.6. The van der Waals surface area contributed by atoms with E-state index in [9.17, 15) is 27.2 Å². The van der Waals surface area contributed by atoms with Crippen molar-refractivity contribution in [2.75, 3.05) is 5.75 Å². The van der Waals surface area contributed by atoms with Crippen LogP contribution in [-0.2, 0) is 4.79 Å². The predicted octanol–water partition coefficient (Wildman–Crippen LogP) is 3.06. The second-order valence-corrected chi connectivity index (χ2v) is 4.65. The molecule has 0 aromatic heterocycles. The zero-order chi connectivity index (χ0) is 14.8. The maximum atomic E-state index is 13.4. The molecule has 3 nitrogen and oxygen atoms in total. The number of aliphatic carboxylic acids is 1. The van der Waals surface area contributed by atoms with Gasteiger partial charge in [0.2, 0.25) is 0 Å². The molecular formula is C11H8F4O3S.